The van der Waals surface area contributed by atoms with Crippen LogP contribution in [-0.4, -0.2) is 22.7 Å². The normalized spacial score (nSPS) is 11.7. The van der Waals surface area contributed by atoms with Crippen LogP contribution in [0.1, 0.15) is 6.92 Å². The van der Waals surface area contributed by atoms with Crippen LogP contribution in [0.4, 0.5) is 0 Å². The lowest BCUT2D eigenvalue weighted by Gasteiger charge is -2.12. The van der Waals surface area contributed by atoms with Crippen LogP contribution in [0.2, 0.25) is 5.15 Å². The second kappa shape index (κ2) is 6.77. The molecule has 0 spiro atoms. The van der Waals surface area contributed by atoms with E-state index >= 15 is 0 Å². The van der Waals surface area contributed by atoms with Gasteiger partial charge in [-0.1, -0.05) is 27.5 Å². The quantitative estimate of drug-likeness (QED) is 0.552. The fourth-order valence-corrected chi connectivity index (χ4v) is 3.28. The predicted octanol–water partition coefficient (Wildman–Crippen LogP) is 4.82. The number of halogens is 3. The SMILES string of the molecule is C/C(=C/C(=O)O)COc1c(Br)cc(Br)c2ccc(Cl)nc12. The molecule has 0 radical (unpaired) electrons. The molecule has 0 amide bonds. The molecule has 1 aromatic heterocycles. The molecule has 1 heterocycles. The Balaban J connectivity index is 2.43. The smallest absolute Gasteiger partial charge is 0.328 e. The van der Waals surface area contributed by atoms with Gasteiger partial charge < -0.3 is 9.84 Å². The van der Waals surface area contributed by atoms with Gasteiger partial charge >= 0.3 is 5.97 Å². The van der Waals surface area contributed by atoms with Crippen LogP contribution in [0.15, 0.2) is 38.8 Å². The van der Waals surface area contributed by atoms with E-state index < -0.39 is 5.97 Å². The number of carboxylic acid groups (broad SMARTS) is 1. The van der Waals surface area contributed by atoms with E-state index in [1.165, 1.54) is 0 Å². The zero-order chi connectivity index (χ0) is 15.6. The van der Waals surface area contributed by atoms with Gasteiger partial charge in [0, 0.05) is 15.9 Å². The Hall–Kier alpha value is -1.11. The number of carboxylic acids is 1. The minimum absolute atomic E-state index is 0.149. The van der Waals surface area contributed by atoms with E-state index in [0.717, 1.165) is 15.9 Å². The predicted molar refractivity (Wildman–Crippen MR) is 89.0 cm³/mol. The number of rotatable bonds is 4. The Morgan fingerprint density at radius 1 is 1.43 bits per heavy atom. The lowest BCUT2D eigenvalue weighted by Crippen LogP contribution is -2.03. The number of benzene rings is 1. The number of aromatic nitrogens is 1. The second-order valence-electron chi connectivity index (χ2n) is 4.32. The van der Waals surface area contributed by atoms with E-state index in [4.69, 9.17) is 21.4 Å². The number of fused-ring (bicyclic) bond motifs is 1. The minimum Gasteiger partial charge on any atom is -0.486 e. The molecule has 4 nitrogen and oxygen atoms in total. The summed E-state index contributed by atoms with van der Waals surface area (Å²) in [5, 5.41) is 9.92. The Kier molecular flexibility index (Phi) is 5.24. The third kappa shape index (κ3) is 3.96. The Bertz CT molecular complexity index is 747. The standard InChI is InChI=1S/C14H10Br2ClNO3/c1-7(4-12(19)20)6-21-14-10(16)5-9(15)8-2-3-11(17)18-13(8)14/h2-5H,6H2,1H3,(H,19,20)/b7-4-. The summed E-state index contributed by atoms with van der Waals surface area (Å²) in [4.78, 5) is 14.9. The van der Waals surface area contributed by atoms with Crippen molar-refractivity contribution < 1.29 is 14.6 Å². The molecule has 0 bridgehead atoms. The van der Waals surface area contributed by atoms with Crippen LogP contribution in [0.25, 0.3) is 10.9 Å². The van der Waals surface area contributed by atoms with Gasteiger partial charge in [-0.2, -0.15) is 0 Å². The molecule has 1 aromatic carbocycles. The number of ether oxygens (including phenoxy) is 1. The van der Waals surface area contributed by atoms with Gasteiger partial charge in [0.1, 0.15) is 17.3 Å². The average molecular weight is 435 g/mol. The highest BCUT2D eigenvalue weighted by molar-refractivity contribution is 9.11. The fourth-order valence-electron chi connectivity index (χ4n) is 1.74. The third-order valence-corrected chi connectivity index (χ3v) is 4.07. The van der Waals surface area contributed by atoms with E-state index in [-0.39, 0.29) is 6.61 Å². The van der Waals surface area contributed by atoms with Crippen molar-refractivity contribution in [3.05, 3.63) is 43.9 Å². The molecular formula is C14H10Br2ClNO3. The van der Waals surface area contributed by atoms with Crippen molar-refractivity contribution in [2.75, 3.05) is 6.61 Å². The van der Waals surface area contributed by atoms with Crippen LogP contribution < -0.4 is 4.74 Å². The van der Waals surface area contributed by atoms with Gasteiger partial charge in [0.25, 0.3) is 0 Å². The number of carbonyl (C=O) groups is 1. The van der Waals surface area contributed by atoms with Crippen LogP contribution in [0.5, 0.6) is 5.75 Å². The molecule has 110 valence electrons. The van der Waals surface area contributed by atoms with Gasteiger partial charge in [-0.05, 0) is 46.6 Å². The molecule has 0 aliphatic heterocycles. The summed E-state index contributed by atoms with van der Waals surface area (Å²) in [6.07, 6.45) is 1.11. The fraction of sp³-hybridized carbons (Fsp3) is 0.143. The zero-order valence-electron chi connectivity index (χ0n) is 10.9. The van der Waals surface area contributed by atoms with Crippen molar-refractivity contribution in [1.82, 2.24) is 4.98 Å². The van der Waals surface area contributed by atoms with Crippen molar-refractivity contribution in [3.63, 3.8) is 0 Å². The number of hydrogen-bond acceptors (Lipinski definition) is 3. The van der Waals surface area contributed by atoms with Crippen LogP contribution >= 0.6 is 43.5 Å². The summed E-state index contributed by atoms with van der Waals surface area (Å²) in [6, 6.07) is 5.39. The van der Waals surface area contributed by atoms with E-state index in [9.17, 15) is 4.79 Å². The van der Waals surface area contributed by atoms with Crippen molar-refractivity contribution >= 4 is 60.3 Å². The topological polar surface area (TPSA) is 59.4 Å². The molecule has 0 saturated carbocycles. The van der Waals surface area contributed by atoms with E-state index in [2.05, 4.69) is 36.8 Å². The molecule has 0 aliphatic carbocycles. The summed E-state index contributed by atoms with van der Waals surface area (Å²) in [5.41, 5.74) is 1.19. The van der Waals surface area contributed by atoms with Gasteiger partial charge in [-0.3, -0.25) is 0 Å². The second-order valence-corrected chi connectivity index (χ2v) is 6.41. The van der Waals surface area contributed by atoms with Gasteiger partial charge in [0.05, 0.1) is 4.47 Å². The zero-order valence-corrected chi connectivity index (χ0v) is 14.8. The van der Waals surface area contributed by atoms with Crippen LogP contribution in [0, 0.1) is 0 Å². The van der Waals surface area contributed by atoms with Crippen LogP contribution in [0.3, 0.4) is 0 Å². The molecular weight excluding hydrogens is 425 g/mol. The lowest BCUT2D eigenvalue weighted by atomic mass is 10.2. The van der Waals surface area contributed by atoms with E-state index in [1.54, 1.807) is 13.0 Å². The summed E-state index contributed by atoms with van der Waals surface area (Å²) >= 11 is 12.8. The monoisotopic (exact) mass is 433 g/mol. The molecule has 0 atom stereocenters. The summed E-state index contributed by atoms with van der Waals surface area (Å²) in [7, 11) is 0. The maximum Gasteiger partial charge on any atom is 0.328 e. The maximum absolute atomic E-state index is 10.6. The molecule has 0 aliphatic rings. The number of hydrogen-bond donors (Lipinski definition) is 1. The highest BCUT2D eigenvalue weighted by Gasteiger charge is 2.13. The Labute approximate surface area is 143 Å². The first-order valence-corrected chi connectivity index (χ1v) is 7.82. The molecule has 1 N–H and O–H groups in total. The number of aliphatic carboxylic acids is 1. The van der Waals surface area contributed by atoms with E-state index in [1.807, 2.05) is 12.1 Å². The maximum atomic E-state index is 10.6. The third-order valence-electron chi connectivity index (χ3n) is 2.62. The average Bonchev–Trinajstić information content (AvgIpc) is 2.37. The molecule has 0 saturated heterocycles. The van der Waals surface area contributed by atoms with Crippen molar-refractivity contribution in [1.29, 1.82) is 0 Å². The highest BCUT2D eigenvalue weighted by Crippen LogP contribution is 2.38. The van der Waals surface area contributed by atoms with E-state index in [0.29, 0.717) is 26.5 Å². The molecule has 2 rings (SSSR count). The Morgan fingerprint density at radius 2 is 2.14 bits per heavy atom. The lowest BCUT2D eigenvalue weighted by molar-refractivity contribution is -0.131. The van der Waals surface area contributed by atoms with Gasteiger partial charge in [0.2, 0.25) is 0 Å². The Morgan fingerprint density at radius 3 is 2.81 bits per heavy atom. The first-order valence-electron chi connectivity index (χ1n) is 5.85. The molecule has 7 heteroatoms. The highest BCUT2D eigenvalue weighted by atomic mass is 79.9. The van der Waals surface area contributed by atoms with Gasteiger partial charge in [-0.15, -0.1) is 0 Å². The molecule has 0 fully saturated rings. The summed E-state index contributed by atoms with van der Waals surface area (Å²) in [6.45, 7) is 1.83. The first kappa shape index (κ1) is 16.3. The molecule has 2 aromatic rings. The number of pyridine rings is 1. The van der Waals surface area contributed by atoms with Crippen molar-refractivity contribution in [2.45, 2.75) is 6.92 Å². The molecule has 0 unspecified atom stereocenters. The largest absolute Gasteiger partial charge is 0.486 e. The summed E-state index contributed by atoms with van der Waals surface area (Å²) in [5.74, 6) is -0.481. The first-order chi connectivity index (χ1) is 9.88. The van der Waals surface area contributed by atoms with Crippen molar-refractivity contribution in [3.8, 4) is 5.75 Å². The van der Waals surface area contributed by atoms with Crippen LogP contribution in [-0.2, 0) is 4.79 Å². The van der Waals surface area contributed by atoms with Gasteiger partial charge in [-0.25, -0.2) is 9.78 Å². The molecule has 21 heavy (non-hydrogen) atoms. The minimum atomic E-state index is -1.00. The van der Waals surface area contributed by atoms with Gasteiger partial charge in [0.15, 0.2) is 5.75 Å². The van der Waals surface area contributed by atoms with Crippen molar-refractivity contribution in [2.24, 2.45) is 0 Å². The summed E-state index contributed by atoms with van der Waals surface area (Å²) < 4.78 is 7.27. The number of nitrogens with zero attached hydrogens (tertiary/aromatic N) is 1.